The first-order valence-electron chi connectivity index (χ1n) is 3.70. The van der Waals surface area contributed by atoms with Crippen molar-refractivity contribution in [2.45, 2.75) is 6.92 Å². The second-order valence-electron chi connectivity index (χ2n) is 2.75. The molecule has 0 saturated heterocycles. The van der Waals surface area contributed by atoms with Gasteiger partial charge in [0.15, 0.2) is 6.29 Å². The maximum Gasteiger partial charge on any atom is 0.151 e. The van der Waals surface area contributed by atoms with Crippen LogP contribution in [0.2, 0.25) is 0 Å². The van der Waals surface area contributed by atoms with E-state index in [9.17, 15) is 4.79 Å². The van der Waals surface area contributed by atoms with Gasteiger partial charge in [-0.05, 0) is 18.6 Å². The highest BCUT2D eigenvalue weighted by Gasteiger charge is 2.00. The van der Waals surface area contributed by atoms with Crippen molar-refractivity contribution >= 4 is 17.3 Å². The average molecular weight is 160 g/mol. The van der Waals surface area contributed by atoms with Crippen molar-refractivity contribution in [3.63, 3.8) is 0 Å². The van der Waals surface area contributed by atoms with E-state index < -0.39 is 0 Å². The fourth-order valence-electron chi connectivity index (χ4n) is 1.22. The van der Waals surface area contributed by atoms with Crippen molar-refractivity contribution in [1.82, 2.24) is 9.97 Å². The van der Waals surface area contributed by atoms with E-state index in [4.69, 9.17) is 0 Å². The predicted octanol–water partition coefficient (Wildman–Crippen LogP) is 1.68. The third-order valence-electron chi connectivity index (χ3n) is 1.90. The van der Waals surface area contributed by atoms with E-state index in [0.29, 0.717) is 5.56 Å². The summed E-state index contributed by atoms with van der Waals surface area (Å²) >= 11 is 0. The largest absolute Gasteiger partial charge is 0.346 e. The fourth-order valence-corrected chi connectivity index (χ4v) is 1.22. The second kappa shape index (κ2) is 2.44. The van der Waals surface area contributed by atoms with Crippen LogP contribution in [0.15, 0.2) is 18.5 Å². The summed E-state index contributed by atoms with van der Waals surface area (Å²) in [7, 11) is 0. The topological polar surface area (TPSA) is 45.8 Å². The van der Waals surface area contributed by atoms with Gasteiger partial charge in [0.2, 0.25) is 0 Å². The lowest BCUT2D eigenvalue weighted by atomic mass is 10.2. The Balaban J connectivity index is 2.79. The van der Waals surface area contributed by atoms with Gasteiger partial charge in [-0.25, -0.2) is 4.98 Å². The average Bonchev–Trinajstić information content (AvgIpc) is 2.47. The molecule has 0 aliphatic heterocycles. The highest BCUT2D eigenvalue weighted by atomic mass is 16.1. The van der Waals surface area contributed by atoms with Crippen molar-refractivity contribution in [3.05, 3.63) is 29.6 Å². The summed E-state index contributed by atoms with van der Waals surface area (Å²) in [4.78, 5) is 17.5. The van der Waals surface area contributed by atoms with Crippen LogP contribution >= 0.6 is 0 Å². The van der Waals surface area contributed by atoms with E-state index >= 15 is 0 Å². The van der Waals surface area contributed by atoms with Crippen LogP contribution in [0.4, 0.5) is 0 Å². The Morgan fingerprint density at radius 3 is 3.17 bits per heavy atom. The van der Waals surface area contributed by atoms with Crippen LogP contribution in [0.1, 0.15) is 15.9 Å². The molecule has 0 aromatic carbocycles. The van der Waals surface area contributed by atoms with Crippen molar-refractivity contribution < 1.29 is 4.79 Å². The molecule has 3 nitrogen and oxygen atoms in total. The molecule has 2 aromatic rings. The van der Waals surface area contributed by atoms with Crippen LogP contribution in [-0.2, 0) is 0 Å². The van der Waals surface area contributed by atoms with Gasteiger partial charge in [0.05, 0.1) is 0 Å². The molecule has 0 unspecified atom stereocenters. The van der Waals surface area contributed by atoms with Gasteiger partial charge in [0, 0.05) is 23.3 Å². The zero-order valence-corrected chi connectivity index (χ0v) is 6.66. The zero-order chi connectivity index (χ0) is 8.55. The lowest BCUT2D eigenvalue weighted by Gasteiger charge is -1.91. The van der Waals surface area contributed by atoms with E-state index in [0.717, 1.165) is 22.9 Å². The van der Waals surface area contributed by atoms with E-state index in [-0.39, 0.29) is 0 Å². The van der Waals surface area contributed by atoms with Gasteiger partial charge in [-0.15, -0.1) is 0 Å². The molecule has 3 heteroatoms. The van der Waals surface area contributed by atoms with Crippen molar-refractivity contribution in [2.24, 2.45) is 0 Å². The third-order valence-corrected chi connectivity index (χ3v) is 1.90. The first-order chi connectivity index (χ1) is 5.81. The Labute approximate surface area is 69.4 Å². The molecule has 1 N–H and O–H groups in total. The van der Waals surface area contributed by atoms with Crippen LogP contribution < -0.4 is 0 Å². The molecule has 2 aromatic heterocycles. The molecule has 60 valence electrons. The quantitative estimate of drug-likeness (QED) is 0.645. The van der Waals surface area contributed by atoms with Crippen molar-refractivity contribution in [3.8, 4) is 0 Å². The number of nitrogens with one attached hydrogen (secondary N) is 1. The Bertz CT molecular complexity index is 431. The number of hydrogen-bond donors (Lipinski definition) is 1. The normalized spacial score (nSPS) is 10.4. The molecule has 0 bridgehead atoms. The lowest BCUT2D eigenvalue weighted by Crippen LogP contribution is -1.82. The van der Waals surface area contributed by atoms with Crippen molar-refractivity contribution in [2.75, 3.05) is 0 Å². The van der Waals surface area contributed by atoms with Gasteiger partial charge in [-0.2, -0.15) is 0 Å². The first-order valence-corrected chi connectivity index (χ1v) is 3.70. The number of pyridine rings is 1. The molecule has 12 heavy (non-hydrogen) atoms. The summed E-state index contributed by atoms with van der Waals surface area (Å²) in [6.45, 7) is 1.98. The number of rotatable bonds is 1. The summed E-state index contributed by atoms with van der Waals surface area (Å²) < 4.78 is 0. The summed E-state index contributed by atoms with van der Waals surface area (Å²) in [6.07, 6.45) is 4.25. The lowest BCUT2D eigenvalue weighted by molar-refractivity contribution is 0.112. The van der Waals surface area contributed by atoms with Crippen LogP contribution in [-0.4, -0.2) is 16.3 Å². The highest BCUT2D eigenvalue weighted by molar-refractivity contribution is 5.86. The number of aromatic amines is 1. The van der Waals surface area contributed by atoms with Crippen LogP contribution in [0.3, 0.4) is 0 Å². The molecule has 0 fully saturated rings. The number of carbonyl (C=O) groups is 1. The molecule has 0 radical (unpaired) electrons. The molecule has 0 spiro atoms. The molecular formula is C9H8N2O. The summed E-state index contributed by atoms with van der Waals surface area (Å²) in [5.41, 5.74) is 2.56. The van der Waals surface area contributed by atoms with Gasteiger partial charge in [-0.3, -0.25) is 4.79 Å². The van der Waals surface area contributed by atoms with Crippen LogP contribution in [0.5, 0.6) is 0 Å². The fraction of sp³-hybridized carbons (Fsp3) is 0.111. The standard InChI is InChI=1S/C9H8N2O/c1-6-3-10-9-8(6)2-7(5-12)4-11-9/h2-5H,1H3,(H,10,11). The molecule has 0 atom stereocenters. The van der Waals surface area contributed by atoms with E-state index in [1.807, 2.05) is 19.2 Å². The number of aromatic nitrogens is 2. The summed E-state index contributed by atoms with van der Waals surface area (Å²) in [6, 6.07) is 1.83. The van der Waals surface area contributed by atoms with Gasteiger partial charge >= 0.3 is 0 Å². The highest BCUT2D eigenvalue weighted by Crippen LogP contribution is 2.15. The number of fused-ring (bicyclic) bond motifs is 1. The third kappa shape index (κ3) is 0.906. The Morgan fingerprint density at radius 2 is 2.42 bits per heavy atom. The number of aldehydes is 1. The Kier molecular flexibility index (Phi) is 1.43. The first kappa shape index (κ1) is 7.03. The molecule has 2 rings (SSSR count). The van der Waals surface area contributed by atoms with Crippen LogP contribution in [0.25, 0.3) is 11.0 Å². The smallest absolute Gasteiger partial charge is 0.151 e. The van der Waals surface area contributed by atoms with Crippen LogP contribution in [0, 0.1) is 6.92 Å². The number of hydrogen-bond acceptors (Lipinski definition) is 2. The SMILES string of the molecule is Cc1c[nH]c2ncc(C=O)cc12. The summed E-state index contributed by atoms with van der Waals surface area (Å²) in [5, 5.41) is 1.01. The molecule has 0 amide bonds. The van der Waals surface area contributed by atoms with Gasteiger partial charge < -0.3 is 4.98 Å². The molecule has 2 heterocycles. The molecule has 0 saturated carbocycles. The maximum atomic E-state index is 10.4. The minimum Gasteiger partial charge on any atom is -0.346 e. The summed E-state index contributed by atoms with van der Waals surface area (Å²) in [5.74, 6) is 0. The van der Waals surface area contributed by atoms with Gasteiger partial charge in [0.1, 0.15) is 5.65 Å². The number of nitrogens with zero attached hydrogens (tertiary/aromatic N) is 1. The Morgan fingerprint density at radius 1 is 1.58 bits per heavy atom. The monoisotopic (exact) mass is 160 g/mol. The molecule has 0 aliphatic carbocycles. The Hall–Kier alpha value is -1.64. The number of aryl methyl sites for hydroxylation is 1. The van der Waals surface area contributed by atoms with E-state index in [1.165, 1.54) is 0 Å². The van der Waals surface area contributed by atoms with Crippen molar-refractivity contribution in [1.29, 1.82) is 0 Å². The van der Waals surface area contributed by atoms with Gasteiger partial charge in [-0.1, -0.05) is 0 Å². The maximum absolute atomic E-state index is 10.4. The minimum atomic E-state index is 0.616. The zero-order valence-electron chi connectivity index (χ0n) is 6.66. The second-order valence-corrected chi connectivity index (χ2v) is 2.75. The number of H-pyrrole nitrogens is 1. The van der Waals surface area contributed by atoms with Gasteiger partial charge in [0.25, 0.3) is 0 Å². The number of carbonyl (C=O) groups excluding carboxylic acids is 1. The van der Waals surface area contributed by atoms with E-state index in [1.54, 1.807) is 6.20 Å². The predicted molar refractivity (Wildman–Crippen MR) is 46.2 cm³/mol. The minimum absolute atomic E-state index is 0.616. The molecular weight excluding hydrogens is 152 g/mol. The van der Waals surface area contributed by atoms with E-state index in [2.05, 4.69) is 9.97 Å². The molecule has 0 aliphatic rings.